The van der Waals surface area contributed by atoms with Gasteiger partial charge in [0.05, 0.1) is 5.60 Å². The Hall–Kier alpha value is -1.68. The van der Waals surface area contributed by atoms with Gasteiger partial charge in [-0.25, -0.2) is 4.79 Å². The van der Waals surface area contributed by atoms with E-state index in [4.69, 9.17) is 4.74 Å². The van der Waals surface area contributed by atoms with Crippen LogP contribution in [-0.2, 0) is 14.3 Å². The number of ether oxygens (including phenoxy) is 1. The number of hydrogen-bond donors (Lipinski definition) is 1. The molecule has 3 atom stereocenters. The van der Waals surface area contributed by atoms with E-state index in [2.05, 4.69) is 6.58 Å². The molecule has 1 heterocycles. The molecule has 1 N–H and O–H groups in total. The number of carbonyl (C=O) groups is 2. The van der Waals surface area contributed by atoms with E-state index in [9.17, 15) is 14.7 Å². The van der Waals surface area contributed by atoms with E-state index in [1.165, 1.54) is 0 Å². The highest BCUT2D eigenvalue weighted by Crippen LogP contribution is 2.33. The van der Waals surface area contributed by atoms with E-state index in [-0.39, 0.29) is 5.92 Å². The van der Waals surface area contributed by atoms with Crippen molar-refractivity contribution in [1.82, 2.24) is 0 Å². The van der Waals surface area contributed by atoms with Crippen LogP contribution >= 0.6 is 0 Å². The number of fused-ring (bicyclic) bond motifs is 1. The van der Waals surface area contributed by atoms with Crippen molar-refractivity contribution >= 4 is 12.3 Å². The molecular weight excluding hydrogens is 244 g/mol. The molecule has 1 saturated heterocycles. The zero-order valence-electron chi connectivity index (χ0n) is 11.0. The van der Waals surface area contributed by atoms with Gasteiger partial charge in [0.2, 0.25) is 0 Å². The Kier molecular flexibility index (Phi) is 3.71. The fourth-order valence-electron chi connectivity index (χ4n) is 2.41. The Balaban J connectivity index is 2.33. The van der Waals surface area contributed by atoms with Gasteiger partial charge in [-0.15, -0.1) is 0 Å². The van der Waals surface area contributed by atoms with Gasteiger partial charge in [-0.3, -0.25) is 4.79 Å². The lowest BCUT2D eigenvalue weighted by molar-refractivity contribution is -0.139. The number of carbonyl (C=O) groups excluding carboxylic acids is 2. The second-order valence-corrected chi connectivity index (χ2v) is 5.35. The molecule has 1 fully saturated rings. The lowest BCUT2D eigenvalue weighted by Crippen LogP contribution is -2.23. The van der Waals surface area contributed by atoms with Crippen LogP contribution in [0.25, 0.3) is 0 Å². The van der Waals surface area contributed by atoms with Crippen molar-refractivity contribution < 1.29 is 19.4 Å². The Morgan fingerprint density at radius 3 is 3.00 bits per heavy atom. The van der Waals surface area contributed by atoms with Crippen molar-refractivity contribution in [2.24, 2.45) is 5.92 Å². The molecule has 0 aromatic heterocycles. The highest BCUT2D eigenvalue weighted by molar-refractivity contribution is 5.91. The summed E-state index contributed by atoms with van der Waals surface area (Å²) in [5.41, 5.74) is 0.0182. The molecule has 102 valence electrons. The molecule has 4 heteroatoms. The zero-order chi connectivity index (χ0) is 14.0. The summed E-state index contributed by atoms with van der Waals surface area (Å²) in [6, 6.07) is 0. The van der Waals surface area contributed by atoms with Gasteiger partial charge in [-0.05, 0) is 25.3 Å². The van der Waals surface area contributed by atoms with Crippen LogP contribution < -0.4 is 0 Å². The summed E-state index contributed by atoms with van der Waals surface area (Å²) in [6.07, 6.45) is 7.17. The highest BCUT2D eigenvalue weighted by atomic mass is 16.6. The molecule has 0 spiro atoms. The van der Waals surface area contributed by atoms with Gasteiger partial charge in [0, 0.05) is 17.9 Å². The van der Waals surface area contributed by atoms with E-state index in [0.717, 1.165) is 6.29 Å². The normalized spacial score (nSPS) is 39.8. The van der Waals surface area contributed by atoms with Crippen LogP contribution in [0.5, 0.6) is 0 Å². The molecule has 0 aromatic rings. The van der Waals surface area contributed by atoms with Crippen molar-refractivity contribution in [2.75, 3.05) is 0 Å². The first kappa shape index (κ1) is 13.7. The topological polar surface area (TPSA) is 63.6 Å². The zero-order valence-corrected chi connectivity index (χ0v) is 11.0. The van der Waals surface area contributed by atoms with Crippen LogP contribution in [0.4, 0.5) is 0 Å². The highest BCUT2D eigenvalue weighted by Gasteiger charge is 2.37. The molecule has 19 heavy (non-hydrogen) atoms. The Bertz CT molecular complexity index is 471. The molecule has 1 aliphatic heterocycles. The van der Waals surface area contributed by atoms with Crippen molar-refractivity contribution in [2.45, 2.75) is 37.9 Å². The molecule has 0 saturated carbocycles. The maximum absolute atomic E-state index is 11.6. The summed E-state index contributed by atoms with van der Waals surface area (Å²) >= 11 is 0. The summed E-state index contributed by atoms with van der Waals surface area (Å²) in [7, 11) is 0. The first-order chi connectivity index (χ1) is 8.93. The van der Waals surface area contributed by atoms with E-state index >= 15 is 0 Å². The number of rotatable bonds is 1. The van der Waals surface area contributed by atoms with Crippen LogP contribution in [0.15, 0.2) is 36.0 Å². The van der Waals surface area contributed by atoms with Crippen LogP contribution in [-0.4, -0.2) is 29.1 Å². The average molecular weight is 262 g/mol. The smallest absolute Gasteiger partial charge is 0.334 e. The molecule has 0 unspecified atom stereocenters. The monoisotopic (exact) mass is 262 g/mol. The van der Waals surface area contributed by atoms with E-state index in [0.29, 0.717) is 30.4 Å². The molecular formula is C15H18O4. The third kappa shape index (κ3) is 3.01. The first-order valence-electron chi connectivity index (χ1n) is 6.39. The predicted octanol–water partition coefficient (Wildman–Crippen LogP) is 1.70. The minimum atomic E-state index is -0.960. The van der Waals surface area contributed by atoms with Gasteiger partial charge in [0.1, 0.15) is 12.4 Å². The third-order valence-electron chi connectivity index (χ3n) is 3.63. The van der Waals surface area contributed by atoms with E-state index in [1.807, 2.05) is 0 Å². The van der Waals surface area contributed by atoms with Gasteiger partial charge >= 0.3 is 5.97 Å². The third-order valence-corrected chi connectivity index (χ3v) is 3.63. The minimum Gasteiger partial charge on any atom is -0.458 e. The first-order valence-corrected chi connectivity index (χ1v) is 6.39. The van der Waals surface area contributed by atoms with Gasteiger partial charge in [-0.1, -0.05) is 24.8 Å². The molecule has 0 aromatic carbocycles. The number of aldehydes is 1. The molecule has 2 rings (SSSR count). The molecule has 2 aliphatic rings. The quantitative estimate of drug-likeness (QED) is 0.338. The number of aliphatic hydroxyl groups is 1. The van der Waals surface area contributed by atoms with Crippen LogP contribution in [0.3, 0.4) is 0 Å². The maximum Gasteiger partial charge on any atom is 0.334 e. The second-order valence-electron chi connectivity index (χ2n) is 5.35. The standard InChI is InChI=1S/C15H18O4/c1-10-12-5-7-15(2,18)6-3-4-11(9-16)8-13(12)19-14(10)17/h4-5,7,9,12-13,18H,1,3,6,8H2,2H3/b7-5+,11-4+/t12-,13-,15-/m1/s1. The van der Waals surface area contributed by atoms with Gasteiger partial charge in [0.15, 0.2) is 0 Å². The van der Waals surface area contributed by atoms with Crippen molar-refractivity contribution in [3.63, 3.8) is 0 Å². The van der Waals surface area contributed by atoms with Crippen molar-refractivity contribution in [3.05, 3.63) is 36.0 Å². The Morgan fingerprint density at radius 2 is 2.32 bits per heavy atom. The van der Waals surface area contributed by atoms with Gasteiger partial charge in [-0.2, -0.15) is 0 Å². The molecule has 1 aliphatic carbocycles. The lowest BCUT2D eigenvalue weighted by atomic mass is 9.88. The van der Waals surface area contributed by atoms with Gasteiger partial charge < -0.3 is 9.84 Å². The summed E-state index contributed by atoms with van der Waals surface area (Å²) in [5.74, 6) is -0.704. The summed E-state index contributed by atoms with van der Waals surface area (Å²) in [6.45, 7) is 5.43. The number of allylic oxidation sites excluding steroid dienone is 1. The largest absolute Gasteiger partial charge is 0.458 e. The van der Waals surface area contributed by atoms with Crippen LogP contribution in [0.1, 0.15) is 26.2 Å². The van der Waals surface area contributed by atoms with Crippen LogP contribution in [0.2, 0.25) is 0 Å². The summed E-state index contributed by atoms with van der Waals surface area (Å²) in [5, 5.41) is 10.2. The second kappa shape index (κ2) is 5.13. The molecule has 4 nitrogen and oxygen atoms in total. The fourth-order valence-corrected chi connectivity index (χ4v) is 2.41. The minimum absolute atomic E-state index is 0.277. The fraction of sp³-hybridized carbons (Fsp3) is 0.467. The van der Waals surface area contributed by atoms with Crippen LogP contribution in [0, 0.1) is 5.92 Å². The van der Waals surface area contributed by atoms with Gasteiger partial charge in [0.25, 0.3) is 0 Å². The van der Waals surface area contributed by atoms with Crippen molar-refractivity contribution in [1.29, 1.82) is 0 Å². The SMILES string of the molecule is C=C1C(=O)O[C@@H]2C/C(C=O)=C\CC[C@@](C)(O)/C=C/[C@H]12. The average Bonchev–Trinajstić information content (AvgIpc) is 2.61. The maximum atomic E-state index is 11.6. The number of hydrogen-bond acceptors (Lipinski definition) is 4. The molecule has 0 radical (unpaired) electrons. The Labute approximate surface area is 112 Å². The van der Waals surface area contributed by atoms with E-state index < -0.39 is 17.7 Å². The van der Waals surface area contributed by atoms with E-state index in [1.54, 1.807) is 25.2 Å². The number of esters is 1. The van der Waals surface area contributed by atoms with Crippen molar-refractivity contribution in [3.8, 4) is 0 Å². The Morgan fingerprint density at radius 1 is 1.58 bits per heavy atom. The predicted molar refractivity (Wildman–Crippen MR) is 70.3 cm³/mol. The summed E-state index contributed by atoms with van der Waals surface area (Å²) < 4.78 is 5.24. The molecule has 0 amide bonds. The molecule has 0 bridgehead atoms. The lowest BCUT2D eigenvalue weighted by Gasteiger charge is -2.22. The summed E-state index contributed by atoms with van der Waals surface area (Å²) in [4.78, 5) is 22.6.